The van der Waals surface area contributed by atoms with Crippen LogP contribution in [0.1, 0.15) is 32.3 Å². The summed E-state index contributed by atoms with van der Waals surface area (Å²) in [6.45, 7) is 4.78. The van der Waals surface area contributed by atoms with Crippen molar-refractivity contribution in [1.29, 1.82) is 0 Å². The molecule has 1 aliphatic rings. The van der Waals surface area contributed by atoms with Crippen molar-refractivity contribution in [1.82, 2.24) is 0 Å². The molecule has 5 heteroatoms. The topological polar surface area (TPSA) is 29.3 Å². The predicted molar refractivity (Wildman–Crippen MR) is 77.5 cm³/mol. The van der Waals surface area contributed by atoms with Gasteiger partial charge in [0.15, 0.2) is 0 Å². The highest BCUT2D eigenvalue weighted by Crippen LogP contribution is 2.32. The second-order valence-corrected chi connectivity index (χ2v) is 5.65. The molecular formula is C14H18F2N2S. The molecule has 1 heterocycles. The molecule has 1 aliphatic heterocycles. The quantitative estimate of drug-likeness (QED) is 0.846. The van der Waals surface area contributed by atoms with Crippen molar-refractivity contribution < 1.29 is 8.78 Å². The Morgan fingerprint density at radius 3 is 2.42 bits per heavy atom. The number of anilines is 1. The van der Waals surface area contributed by atoms with Crippen LogP contribution in [0.25, 0.3) is 0 Å². The molecular weight excluding hydrogens is 266 g/mol. The van der Waals surface area contributed by atoms with Gasteiger partial charge in [-0.2, -0.15) is 0 Å². The molecule has 0 saturated carbocycles. The summed E-state index contributed by atoms with van der Waals surface area (Å²) in [4.78, 5) is 1.81. The van der Waals surface area contributed by atoms with Gasteiger partial charge >= 0.3 is 0 Å². The van der Waals surface area contributed by atoms with Crippen LogP contribution in [-0.2, 0) is 0 Å². The van der Waals surface area contributed by atoms with E-state index < -0.39 is 11.6 Å². The summed E-state index contributed by atoms with van der Waals surface area (Å²) in [5.74, 6) is -0.768. The van der Waals surface area contributed by atoms with E-state index in [-0.39, 0.29) is 22.3 Å². The lowest BCUT2D eigenvalue weighted by atomic mass is 9.91. The van der Waals surface area contributed by atoms with Crippen molar-refractivity contribution in [3.05, 3.63) is 29.3 Å². The molecule has 1 fully saturated rings. The number of thiocarbonyl (C=S) groups is 1. The summed E-state index contributed by atoms with van der Waals surface area (Å²) in [6, 6.07) is 2.55. The SMILES string of the molecule is CC1CCCN(c2c(F)cc(C(N)=S)cc2F)C1C. The third-order valence-corrected chi connectivity index (χ3v) is 4.20. The maximum Gasteiger partial charge on any atom is 0.150 e. The van der Waals surface area contributed by atoms with Crippen LogP contribution in [0.3, 0.4) is 0 Å². The molecule has 2 nitrogen and oxygen atoms in total. The van der Waals surface area contributed by atoms with Crippen LogP contribution in [-0.4, -0.2) is 17.6 Å². The molecule has 1 saturated heterocycles. The fraction of sp³-hybridized carbons (Fsp3) is 0.500. The molecule has 1 aromatic carbocycles. The minimum atomic E-state index is -0.594. The van der Waals surface area contributed by atoms with Crippen molar-refractivity contribution in [2.24, 2.45) is 11.7 Å². The molecule has 2 atom stereocenters. The summed E-state index contributed by atoms with van der Waals surface area (Å²) >= 11 is 4.75. The van der Waals surface area contributed by atoms with Gasteiger partial charge < -0.3 is 10.6 Å². The lowest BCUT2D eigenvalue weighted by Crippen LogP contribution is -2.43. The van der Waals surface area contributed by atoms with Crippen molar-refractivity contribution in [3.8, 4) is 0 Å². The van der Waals surface area contributed by atoms with Gasteiger partial charge in [-0.05, 0) is 37.8 Å². The number of hydrogen-bond donors (Lipinski definition) is 1. The smallest absolute Gasteiger partial charge is 0.150 e. The Morgan fingerprint density at radius 2 is 1.89 bits per heavy atom. The summed E-state index contributed by atoms with van der Waals surface area (Å²) in [7, 11) is 0. The maximum absolute atomic E-state index is 14.2. The number of nitrogens with zero attached hydrogens (tertiary/aromatic N) is 1. The molecule has 0 radical (unpaired) electrons. The van der Waals surface area contributed by atoms with Gasteiger partial charge in [-0.3, -0.25) is 0 Å². The number of hydrogen-bond acceptors (Lipinski definition) is 2. The molecule has 2 rings (SSSR count). The number of halogens is 2. The highest BCUT2D eigenvalue weighted by atomic mass is 32.1. The molecule has 0 aliphatic carbocycles. The van der Waals surface area contributed by atoms with E-state index >= 15 is 0 Å². The predicted octanol–water partition coefficient (Wildman–Crippen LogP) is 3.22. The zero-order valence-corrected chi connectivity index (χ0v) is 11.9. The van der Waals surface area contributed by atoms with E-state index in [1.165, 1.54) is 12.1 Å². The van der Waals surface area contributed by atoms with Crippen LogP contribution in [0.4, 0.5) is 14.5 Å². The summed E-state index contributed by atoms with van der Waals surface area (Å²) in [6.07, 6.45) is 2.04. The van der Waals surface area contributed by atoms with Gasteiger partial charge in [-0.15, -0.1) is 0 Å². The fourth-order valence-corrected chi connectivity index (χ4v) is 2.75. The lowest BCUT2D eigenvalue weighted by molar-refractivity contribution is 0.356. The largest absolute Gasteiger partial charge is 0.389 e. The van der Waals surface area contributed by atoms with Gasteiger partial charge in [0.2, 0.25) is 0 Å². The number of benzene rings is 1. The zero-order chi connectivity index (χ0) is 14.2. The first-order valence-corrected chi connectivity index (χ1v) is 6.88. The number of rotatable bonds is 2. The van der Waals surface area contributed by atoms with E-state index in [0.29, 0.717) is 12.5 Å². The van der Waals surface area contributed by atoms with Crippen molar-refractivity contribution in [3.63, 3.8) is 0 Å². The average Bonchev–Trinajstić information content (AvgIpc) is 2.33. The van der Waals surface area contributed by atoms with Gasteiger partial charge in [0.05, 0.1) is 0 Å². The molecule has 104 valence electrons. The Kier molecular flexibility index (Phi) is 4.04. The first kappa shape index (κ1) is 14.2. The summed E-state index contributed by atoms with van der Waals surface area (Å²) in [5, 5.41) is 0. The highest BCUT2D eigenvalue weighted by Gasteiger charge is 2.29. The van der Waals surface area contributed by atoms with Gasteiger partial charge in [0, 0.05) is 18.2 Å². The minimum absolute atomic E-state index is 0.00408. The second-order valence-electron chi connectivity index (χ2n) is 5.21. The number of piperidine rings is 1. The van der Waals surface area contributed by atoms with Crippen molar-refractivity contribution in [2.45, 2.75) is 32.7 Å². The van der Waals surface area contributed by atoms with Crippen LogP contribution >= 0.6 is 12.2 Å². The molecule has 0 amide bonds. The van der Waals surface area contributed by atoms with Crippen LogP contribution < -0.4 is 10.6 Å². The first-order valence-electron chi connectivity index (χ1n) is 6.47. The summed E-state index contributed by atoms with van der Waals surface area (Å²) < 4.78 is 28.3. The zero-order valence-electron chi connectivity index (χ0n) is 11.1. The fourth-order valence-electron chi connectivity index (χ4n) is 2.63. The summed E-state index contributed by atoms with van der Waals surface area (Å²) in [5.41, 5.74) is 5.68. The van der Waals surface area contributed by atoms with E-state index in [1.54, 1.807) is 0 Å². The van der Waals surface area contributed by atoms with Crippen LogP contribution in [0, 0.1) is 17.6 Å². The van der Waals surface area contributed by atoms with E-state index in [9.17, 15) is 8.78 Å². The van der Waals surface area contributed by atoms with Crippen molar-refractivity contribution in [2.75, 3.05) is 11.4 Å². The maximum atomic E-state index is 14.2. The standard InChI is InChI=1S/C14H18F2N2S/c1-8-4-3-5-18(9(8)2)13-11(15)6-10(14(17)19)7-12(13)16/h6-9H,3-5H2,1-2H3,(H2,17,19). The Balaban J connectivity index is 2.42. The Hall–Kier alpha value is -1.23. The molecule has 19 heavy (non-hydrogen) atoms. The number of nitrogens with two attached hydrogens (primary N) is 1. The van der Waals surface area contributed by atoms with Crippen LogP contribution in [0.2, 0.25) is 0 Å². The van der Waals surface area contributed by atoms with E-state index in [2.05, 4.69) is 6.92 Å². The Bertz CT molecular complexity index is 481. The molecule has 0 bridgehead atoms. The Morgan fingerprint density at radius 1 is 1.32 bits per heavy atom. The van der Waals surface area contributed by atoms with Gasteiger partial charge in [0.1, 0.15) is 22.3 Å². The lowest BCUT2D eigenvalue weighted by Gasteiger charge is -2.39. The van der Waals surface area contributed by atoms with Gasteiger partial charge in [0.25, 0.3) is 0 Å². The van der Waals surface area contributed by atoms with E-state index in [1.807, 2.05) is 11.8 Å². The first-order chi connectivity index (χ1) is 8.91. The van der Waals surface area contributed by atoms with Gasteiger partial charge in [-0.1, -0.05) is 19.1 Å². The molecule has 0 spiro atoms. The highest BCUT2D eigenvalue weighted by molar-refractivity contribution is 7.80. The van der Waals surface area contributed by atoms with Crippen molar-refractivity contribution >= 4 is 22.9 Å². The third-order valence-electron chi connectivity index (χ3n) is 3.96. The minimum Gasteiger partial charge on any atom is -0.389 e. The molecule has 0 aromatic heterocycles. The van der Waals surface area contributed by atoms with Crippen LogP contribution in [0.15, 0.2) is 12.1 Å². The second kappa shape index (κ2) is 5.41. The van der Waals surface area contributed by atoms with Gasteiger partial charge in [-0.25, -0.2) is 8.78 Å². The molecule has 1 aromatic rings. The average molecular weight is 284 g/mol. The normalized spacial score (nSPS) is 23.5. The third kappa shape index (κ3) is 2.71. The molecule has 2 N–H and O–H groups in total. The van der Waals surface area contributed by atoms with Crippen LogP contribution in [0.5, 0.6) is 0 Å². The van der Waals surface area contributed by atoms with E-state index in [4.69, 9.17) is 18.0 Å². The Labute approximate surface area is 117 Å². The molecule has 2 unspecified atom stereocenters. The van der Waals surface area contributed by atoms with E-state index in [0.717, 1.165) is 12.8 Å². The monoisotopic (exact) mass is 284 g/mol.